The average Bonchev–Trinajstić information content (AvgIpc) is 3.11. The maximum atomic E-state index is 13.0. The first-order chi connectivity index (χ1) is 13.4. The normalized spacial score (nSPS) is 24.1. The molecule has 5 nitrogen and oxygen atoms in total. The Kier molecular flexibility index (Phi) is 5.36. The van der Waals surface area contributed by atoms with Crippen LogP contribution >= 0.6 is 0 Å². The van der Waals surface area contributed by atoms with E-state index >= 15 is 0 Å². The lowest BCUT2D eigenvalue weighted by Gasteiger charge is -2.33. The van der Waals surface area contributed by atoms with Gasteiger partial charge in [-0.2, -0.15) is 4.31 Å². The van der Waals surface area contributed by atoms with Crippen molar-refractivity contribution in [2.75, 3.05) is 19.6 Å². The van der Waals surface area contributed by atoms with Crippen LogP contribution in [0.4, 0.5) is 0 Å². The highest BCUT2D eigenvalue weighted by Crippen LogP contribution is 2.31. The Bertz CT molecular complexity index is 898. The second kappa shape index (κ2) is 7.64. The van der Waals surface area contributed by atoms with Gasteiger partial charge in [0.1, 0.15) is 0 Å². The van der Waals surface area contributed by atoms with E-state index < -0.39 is 10.0 Å². The Morgan fingerprint density at radius 1 is 1.04 bits per heavy atom. The quantitative estimate of drug-likeness (QED) is 0.778. The van der Waals surface area contributed by atoms with Crippen LogP contribution in [0.2, 0.25) is 0 Å². The van der Waals surface area contributed by atoms with E-state index in [4.69, 9.17) is 0 Å². The highest BCUT2D eigenvalue weighted by Gasteiger charge is 2.31. The molecule has 28 heavy (non-hydrogen) atoms. The highest BCUT2D eigenvalue weighted by atomic mass is 32.2. The number of sulfonamides is 1. The molecule has 2 saturated heterocycles. The van der Waals surface area contributed by atoms with Gasteiger partial charge in [0.25, 0.3) is 0 Å². The first-order valence-electron chi connectivity index (χ1n) is 10.5. The van der Waals surface area contributed by atoms with Gasteiger partial charge >= 0.3 is 0 Å². The molecule has 3 aliphatic rings. The second-order valence-electron chi connectivity index (χ2n) is 8.64. The van der Waals surface area contributed by atoms with Crippen molar-refractivity contribution in [2.24, 2.45) is 5.92 Å². The molecule has 6 heteroatoms. The highest BCUT2D eigenvalue weighted by molar-refractivity contribution is 7.89. The maximum Gasteiger partial charge on any atom is 0.250 e. The van der Waals surface area contributed by atoms with Gasteiger partial charge in [-0.05, 0) is 74.3 Å². The van der Waals surface area contributed by atoms with Crippen LogP contribution in [0.15, 0.2) is 28.7 Å². The molecule has 1 aromatic carbocycles. The summed E-state index contributed by atoms with van der Waals surface area (Å²) in [6.07, 6.45) is 7.62. The third-order valence-electron chi connectivity index (χ3n) is 6.55. The Hall–Kier alpha value is -1.66. The average molecular weight is 403 g/mol. The number of hydrogen-bond acceptors (Lipinski definition) is 3. The number of amides is 1. The number of piperidine rings is 2. The molecule has 0 aromatic heterocycles. The zero-order chi connectivity index (χ0) is 19.9. The maximum absolute atomic E-state index is 13.0. The fourth-order valence-corrected chi connectivity index (χ4v) is 6.07. The fraction of sp³-hybridized carbons (Fsp3) is 0.591. The van der Waals surface area contributed by atoms with Gasteiger partial charge in [-0.1, -0.05) is 13.0 Å². The van der Waals surface area contributed by atoms with Gasteiger partial charge in [-0.15, -0.1) is 0 Å². The van der Waals surface area contributed by atoms with Crippen molar-refractivity contribution < 1.29 is 13.2 Å². The van der Waals surface area contributed by atoms with Crippen molar-refractivity contribution in [2.45, 2.75) is 63.3 Å². The fourth-order valence-electron chi connectivity index (χ4n) is 4.57. The first-order valence-corrected chi connectivity index (χ1v) is 11.9. The molecule has 1 atom stereocenters. The van der Waals surface area contributed by atoms with Crippen molar-refractivity contribution in [3.8, 4) is 0 Å². The lowest BCUT2D eigenvalue weighted by atomic mass is 10.0. The van der Waals surface area contributed by atoms with Crippen molar-refractivity contribution in [3.63, 3.8) is 0 Å². The Balaban J connectivity index is 1.55. The Labute approximate surface area is 168 Å². The standard InChI is InChI=1S/C22H30N2O3S/c1-16-8-11-23(12-9-16)28(26,27)21-7-6-18-13-20(14-19(18)15-21)22(25)24-10-4-3-5-17(24)2/h6-7,14-17H,3-5,8-13H2,1-2H3. The van der Waals surface area contributed by atoms with Gasteiger partial charge in [0.15, 0.2) is 0 Å². The van der Waals surface area contributed by atoms with Crippen LogP contribution in [-0.4, -0.2) is 49.2 Å². The summed E-state index contributed by atoms with van der Waals surface area (Å²) in [6, 6.07) is 5.62. The summed E-state index contributed by atoms with van der Waals surface area (Å²) in [7, 11) is -3.47. The molecule has 1 aromatic rings. The van der Waals surface area contributed by atoms with Crippen molar-refractivity contribution in [3.05, 3.63) is 34.9 Å². The SMILES string of the molecule is CC1CCN(S(=O)(=O)c2ccc3c(c2)C=C(C(=O)N2CCCCC2C)C3)CC1. The minimum atomic E-state index is -3.47. The number of rotatable bonds is 3. The largest absolute Gasteiger partial charge is 0.336 e. The van der Waals surface area contributed by atoms with Crippen LogP contribution in [0, 0.1) is 5.92 Å². The van der Waals surface area contributed by atoms with Gasteiger partial charge in [0, 0.05) is 37.7 Å². The van der Waals surface area contributed by atoms with Gasteiger partial charge in [-0.3, -0.25) is 4.79 Å². The molecule has 2 heterocycles. The molecule has 0 radical (unpaired) electrons. The summed E-state index contributed by atoms with van der Waals surface area (Å²) < 4.78 is 27.7. The van der Waals surface area contributed by atoms with E-state index in [-0.39, 0.29) is 11.9 Å². The van der Waals surface area contributed by atoms with E-state index in [9.17, 15) is 13.2 Å². The molecule has 1 unspecified atom stereocenters. The third-order valence-corrected chi connectivity index (χ3v) is 8.44. The Morgan fingerprint density at radius 3 is 2.50 bits per heavy atom. The van der Waals surface area contributed by atoms with Crippen molar-refractivity contribution in [1.82, 2.24) is 9.21 Å². The minimum absolute atomic E-state index is 0.109. The zero-order valence-electron chi connectivity index (χ0n) is 16.9. The van der Waals surface area contributed by atoms with E-state index in [1.807, 2.05) is 17.0 Å². The number of fused-ring (bicyclic) bond motifs is 1. The number of nitrogens with zero attached hydrogens (tertiary/aromatic N) is 2. The molecule has 0 N–H and O–H groups in total. The molecule has 0 spiro atoms. The lowest BCUT2D eigenvalue weighted by molar-refractivity contribution is -0.130. The number of hydrogen-bond donors (Lipinski definition) is 0. The van der Waals surface area contributed by atoms with E-state index in [2.05, 4.69) is 13.8 Å². The van der Waals surface area contributed by atoms with E-state index in [0.717, 1.165) is 48.9 Å². The molecule has 2 fully saturated rings. The molecular weight excluding hydrogens is 372 g/mol. The monoisotopic (exact) mass is 402 g/mol. The first kappa shape index (κ1) is 19.6. The van der Waals surface area contributed by atoms with E-state index in [1.54, 1.807) is 16.4 Å². The molecule has 2 aliphatic heterocycles. The predicted octanol–water partition coefficient (Wildman–Crippen LogP) is 3.45. The van der Waals surface area contributed by atoms with Crippen molar-refractivity contribution in [1.29, 1.82) is 0 Å². The molecule has 1 amide bonds. The summed E-state index contributed by atoms with van der Waals surface area (Å²) in [6.45, 7) is 6.29. The summed E-state index contributed by atoms with van der Waals surface area (Å²) in [4.78, 5) is 15.3. The number of likely N-dealkylation sites (tertiary alicyclic amines) is 1. The molecule has 152 valence electrons. The van der Waals surface area contributed by atoms with Gasteiger partial charge in [0.2, 0.25) is 15.9 Å². The molecule has 4 rings (SSSR count). The lowest BCUT2D eigenvalue weighted by Crippen LogP contribution is -2.42. The smallest absolute Gasteiger partial charge is 0.250 e. The van der Waals surface area contributed by atoms with Crippen molar-refractivity contribution >= 4 is 22.0 Å². The summed E-state index contributed by atoms with van der Waals surface area (Å²) in [5.74, 6) is 0.693. The van der Waals surface area contributed by atoms with Crippen LogP contribution in [0.3, 0.4) is 0 Å². The summed E-state index contributed by atoms with van der Waals surface area (Å²) >= 11 is 0. The number of carbonyl (C=O) groups excluding carboxylic acids is 1. The van der Waals surface area contributed by atoms with Gasteiger partial charge in [0.05, 0.1) is 4.90 Å². The van der Waals surface area contributed by atoms with E-state index in [1.165, 1.54) is 6.42 Å². The molecular formula is C22H30N2O3S. The molecule has 1 aliphatic carbocycles. The summed E-state index contributed by atoms with van der Waals surface area (Å²) in [5.41, 5.74) is 2.70. The van der Waals surface area contributed by atoms with Crippen LogP contribution < -0.4 is 0 Å². The van der Waals surface area contributed by atoms with Gasteiger partial charge < -0.3 is 4.90 Å². The Morgan fingerprint density at radius 2 is 1.79 bits per heavy atom. The predicted molar refractivity (Wildman–Crippen MR) is 110 cm³/mol. The van der Waals surface area contributed by atoms with Crippen LogP contribution in [0.25, 0.3) is 6.08 Å². The second-order valence-corrected chi connectivity index (χ2v) is 10.6. The number of carbonyl (C=O) groups is 1. The van der Waals surface area contributed by atoms with E-state index in [0.29, 0.717) is 30.3 Å². The van der Waals surface area contributed by atoms with Crippen LogP contribution in [0.1, 0.15) is 57.1 Å². The summed E-state index contributed by atoms with van der Waals surface area (Å²) in [5, 5.41) is 0. The minimum Gasteiger partial charge on any atom is -0.336 e. The number of benzene rings is 1. The topological polar surface area (TPSA) is 57.7 Å². The zero-order valence-corrected chi connectivity index (χ0v) is 17.7. The van der Waals surface area contributed by atoms with Gasteiger partial charge in [-0.25, -0.2) is 8.42 Å². The molecule has 0 bridgehead atoms. The molecule has 0 saturated carbocycles. The van der Waals surface area contributed by atoms with Crippen LogP contribution in [-0.2, 0) is 21.2 Å². The third kappa shape index (κ3) is 3.64. The van der Waals surface area contributed by atoms with Crippen LogP contribution in [0.5, 0.6) is 0 Å².